The minimum absolute atomic E-state index is 0.0144. The molecule has 0 rings (SSSR count). The minimum Gasteiger partial charge on any atom is -0.756 e. The first-order valence-corrected chi connectivity index (χ1v) is 11.4. The standard InChI is InChI=1S/C18H40NO4P/c1-2-3-4-5-6-7-8-9-10-11-12-13-14-15-17-22-24(20,21)23-18-16-19/h2-19H2,1H3,(H,20,21)/p-1. The van der Waals surface area contributed by atoms with Gasteiger partial charge in [0.25, 0.3) is 7.82 Å². The molecule has 0 radical (unpaired) electrons. The molecule has 2 N–H and O–H groups in total. The van der Waals surface area contributed by atoms with Crippen LogP contribution in [0.4, 0.5) is 0 Å². The Morgan fingerprint density at radius 1 is 0.708 bits per heavy atom. The maximum Gasteiger partial charge on any atom is 0.267 e. The zero-order chi connectivity index (χ0) is 17.9. The number of phosphoric acid groups is 1. The van der Waals surface area contributed by atoms with E-state index in [0.29, 0.717) is 0 Å². The molecular formula is C18H39NO4P-. The fourth-order valence-corrected chi connectivity index (χ4v) is 3.43. The summed E-state index contributed by atoms with van der Waals surface area (Å²) in [5, 5.41) is 0. The van der Waals surface area contributed by atoms with Crippen molar-refractivity contribution in [2.45, 2.75) is 96.8 Å². The molecule has 0 bridgehead atoms. The van der Waals surface area contributed by atoms with Crippen molar-refractivity contribution in [3.63, 3.8) is 0 Å². The molecule has 0 saturated heterocycles. The van der Waals surface area contributed by atoms with Gasteiger partial charge in [0.1, 0.15) is 0 Å². The molecule has 0 saturated carbocycles. The molecule has 24 heavy (non-hydrogen) atoms. The average Bonchev–Trinajstić information content (AvgIpc) is 2.56. The van der Waals surface area contributed by atoms with Crippen LogP contribution in [0.1, 0.15) is 96.8 Å². The zero-order valence-electron chi connectivity index (χ0n) is 15.7. The summed E-state index contributed by atoms with van der Waals surface area (Å²) in [5.74, 6) is 0. The lowest BCUT2D eigenvalue weighted by Gasteiger charge is -2.22. The van der Waals surface area contributed by atoms with E-state index >= 15 is 0 Å². The highest BCUT2D eigenvalue weighted by Gasteiger charge is 2.07. The van der Waals surface area contributed by atoms with Gasteiger partial charge in [-0.3, -0.25) is 4.57 Å². The molecule has 1 atom stereocenters. The van der Waals surface area contributed by atoms with Crippen molar-refractivity contribution in [3.05, 3.63) is 0 Å². The highest BCUT2D eigenvalue weighted by atomic mass is 31.2. The van der Waals surface area contributed by atoms with Gasteiger partial charge in [0.2, 0.25) is 0 Å². The monoisotopic (exact) mass is 364 g/mol. The molecule has 5 nitrogen and oxygen atoms in total. The lowest BCUT2D eigenvalue weighted by atomic mass is 10.0. The number of unbranched alkanes of at least 4 members (excludes halogenated alkanes) is 13. The van der Waals surface area contributed by atoms with E-state index in [-0.39, 0.29) is 19.8 Å². The lowest BCUT2D eigenvalue weighted by Crippen LogP contribution is -2.14. The van der Waals surface area contributed by atoms with Gasteiger partial charge in [0.15, 0.2) is 0 Å². The maximum atomic E-state index is 11.3. The molecule has 0 aromatic carbocycles. The van der Waals surface area contributed by atoms with Crippen molar-refractivity contribution < 1.29 is 18.5 Å². The third-order valence-corrected chi connectivity index (χ3v) is 5.11. The SMILES string of the molecule is CCCCCCCCCCCCCCCCOP(=O)([O-])OCCN. The Morgan fingerprint density at radius 2 is 1.08 bits per heavy atom. The van der Waals surface area contributed by atoms with Gasteiger partial charge in [-0.05, 0) is 6.42 Å². The maximum absolute atomic E-state index is 11.3. The Morgan fingerprint density at radius 3 is 1.50 bits per heavy atom. The molecule has 0 spiro atoms. The van der Waals surface area contributed by atoms with Crippen LogP contribution in [0.25, 0.3) is 0 Å². The van der Waals surface area contributed by atoms with Crippen LogP contribution in [-0.4, -0.2) is 19.8 Å². The molecule has 0 aromatic heterocycles. The summed E-state index contributed by atoms with van der Waals surface area (Å²) >= 11 is 0. The number of rotatable bonds is 19. The summed E-state index contributed by atoms with van der Waals surface area (Å²) in [6, 6.07) is 0. The lowest BCUT2D eigenvalue weighted by molar-refractivity contribution is -0.225. The molecule has 146 valence electrons. The third-order valence-electron chi connectivity index (χ3n) is 4.11. The first-order valence-electron chi connectivity index (χ1n) is 9.92. The normalized spacial score (nSPS) is 14.0. The van der Waals surface area contributed by atoms with Crippen LogP contribution in [-0.2, 0) is 13.6 Å². The molecular weight excluding hydrogens is 325 g/mol. The van der Waals surface area contributed by atoms with E-state index in [1.165, 1.54) is 70.6 Å². The third kappa shape index (κ3) is 18.4. The Labute approximate surface area is 149 Å². The summed E-state index contributed by atoms with van der Waals surface area (Å²) in [6.07, 6.45) is 17.8. The first kappa shape index (κ1) is 24.1. The number of hydrogen-bond donors (Lipinski definition) is 1. The van der Waals surface area contributed by atoms with Crippen LogP contribution >= 0.6 is 7.82 Å². The van der Waals surface area contributed by atoms with Gasteiger partial charge in [-0.1, -0.05) is 90.4 Å². The molecule has 0 fully saturated rings. The summed E-state index contributed by atoms with van der Waals surface area (Å²) in [4.78, 5) is 11.3. The van der Waals surface area contributed by atoms with Gasteiger partial charge in [-0.15, -0.1) is 0 Å². The quantitative estimate of drug-likeness (QED) is 0.259. The highest BCUT2D eigenvalue weighted by Crippen LogP contribution is 2.37. The molecule has 0 aliphatic carbocycles. The fourth-order valence-electron chi connectivity index (χ4n) is 2.67. The van der Waals surface area contributed by atoms with Crippen molar-refractivity contribution in [2.24, 2.45) is 5.73 Å². The fraction of sp³-hybridized carbons (Fsp3) is 1.00. The Hall–Kier alpha value is 0.0700. The summed E-state index contributed by atoms with van der Waals surface area (Å²) in [6.45, 7) is 2.63. The van der Waals surface area contributed by atoms with E-state index < -0.39 is 7.82 Å². The zero-order valence-corrected chi connectivity index (χ0v) is 16.6. The van der Waals surface area contributed by atoms with Crippen molar-refractivity contribution in [1.29, 1.82) is 0 Å². The molecule has 0 heterocycles. The second-order valence-corrected chi connectivity index (χ2v) is 7.91. The van der Waals surface area contributed by atoms with Crippen molar-refractivity contribution in [3.8, 4) is 0 Å². The minimum atomic E-state index is -4.13. The summed E-state index contributed by atoms with van der Waals surface area (Å²) in [7, 11) is -4.13. The highest BCUT2D eigenvalue weighted by molar-refractivity contribution is 7.45. The average molecular weight is 364 g/mol. The summed E-state index contributed by atoms with van der Waals surface area (Å²) < 4.78 is 20.6. The van der Waals surface area contributed by atoms with Crippen LogP contribution in [0.5, 0.6) is 0 Å². The van der Waals surface area contributed by atoms with Gasteiger partial charge >= 0.3 is 0 Å². The van der Waals surface area contributed by atoms with Gasteiger partial charge in [-0.2, -0.15) is 0 Å². The largest absolute Gasteiger partial charge is 0.756 e. The smallest absolute Gasteiger partial charge is 0.267 e. The van der Waals surface area contributed by atoms with E-state index in [2.05, 4.69) is 11.4 Å². The molecule has 0 aromatic rings. The second kappa shape index (κ2) is 17.9. The predicted molar refractivity (Wildman–Crippen MR) is 98.9 cm³/mol. The van der Waals surface area contributed by atoms with E-state index in [9.17, 15) is 9.46 Å². The Kier molecular flexibility index (Phi) is 17.9. The van der Waals surface area contributed by atoms with Gasteiger partial charge in [0, 0.05) is 6.54 Å². The van der Waals surface area contributed by atoms with E-state index in [0.717, 1.165) is 19.3 Å². The van der Waals surface area contributed by atoms with Crippen LogP contribution in [0.2, 0.25) is 0 Å². The number of nitrogens with two attached hydrogens (primary N) is 1. The molecule has 0 aliphatic rings. The number of phosphoric ester groups is 1. The van der Waals surface area contributed by atoms with Crippen molar-refractivity contribution in [2.75, 3.05) is 19.8 Å². The van der Waals surface area contributed by atoms with Crippen LogP contribution < -0.4 is 10.6 Å². The Balaban J connectivity index is 3.16. The first-order chi connectivity index (χ1) is 11.6. The topological polar surface area (TPSA) is 84.6 Å². The van der Waals surface area contributed by atoms with Crippen LogP contribution in [0, 0.1) is 0 Å². The van der Waals surface area contributed by atoms with Crippen LogP contribution in [0.15, 0.2) is 0 Å². The Bertz CT molecular complexity index is 303. The predicted octanol–water partition coefficient (Wildman–Crippen LogP) is 4.93. The van der Waals surface area contributed by atoms with E-state index in [4.69, 9.17) is 10.3 Å². The van der Waals surface area contributed by atoms with Crippen molar-refractivity contribution >= 4 is 7.82 Å². The molecule has 0 amide bonds. The van der Waals surface area contributed by atoms with Gasteiger partial charge in [0.05, 0.1) is 13.2 Å². The summed E-state index contributed by atoms with van der Waals surface area (Å²) in [5.41, 5.74) is 5.18. The van der Waals surface area contributed by atoms with E-state index in [1.807, 2.05) is 0 Å². The van der Waals surface area contributed by atoms with Crippen molar-refractivity contribution in [1.82, 2.24) is 0 Å². The van der Waals surface area contributed by atoms with Gasteiger partial charge in [-0.25, -0.2) is 0 Å². The number of hydrogen-bond acceptors (Lipinski definition) is 5. The molecule has 0 aliphatic heterocycles. The second-order valence-electron chi connectivity index (χ2n) is 6.50. The van der Waals surface area contributed by atoms with Crippen LogP contribution in [0.3, 0.4) is 0 Å². The van der Waals surface area contributed by atoms with Gasteiger partial charge < -0.3 is 19.7 Å². The molecule has 6 heteroatoms. The van der Waals surface area contributed by atoms with E-state index in [1.54, 1.807) is 0 Å². The molecule has 1 unspecified atom stereocenters.